The normalized spacial score (nSPS) is 12.2. The van der Waals surface area contributed by atoms with E-state index in [-0.39, 0.29) is 46.5 Å². The Hall–Kier alpha value is 1.12. The molecule has 4 heteroatoms. The van der Waals surface area contributed by atoms with E-state index in [4.69, 9.17) is 0 Å². The van der Waals surface area contributed by atoms with Crippen LogP contribution in [0.25, 0.3) is 0 Å². The van der Waals surface area contributed by atoms with Gasteiger partial charge in [0.05, 0.1) is 0 Å². The Bertz CT molecular complexity index is 158. The van der Waals surface area contributed by atoms with Gasteiger partial charge in [0.1, 0.15) is 0 Å². The number of hydrogen-bond acceptors (Lipinski definition) is 1. The molecule has 0 unspecified atom stereocenters. The third kappa shape index (κ3) is 9.43. The summed E-state index contributed by atoms with van der Waals surface area (Å²) in [5.41, 5.74) is 0. The van der Waals surface area contributed by atoms with Crippen molar-refractivity contribution in [3.05, 3.63) is 23.1 Å². The van der Waals surface area contributed by atoms with Crippen LogP contribution in [0.2, 0.25) is 0 Å². The fourth-order valence-electron chi connectivity index (χ4n) is 0.810. The second-order valence-corrected chi connectivity index (χ2v) is 3.49. The van der Waals surface area contributed by atoms with Gasteiger partial charge in [0.15, 0.2) is 0 Å². The molecule has 0 N–H and O–H groups in total. The maximum absolute atomic E-state index is 3.28. The SMILES string of the molecule is CCCCSC1=[C-]CC=C1.[Cl-].[Cl-].[Ti+3]. The zero-order valence-electron chi connectivity index (χ0n) is 7.65. The molecule has 0 aromatic carbocycles. The van der Waals surface area contributed by atoms with Crippen LogP contribution < -0.4 is 24.8 Å². The van der Waals surface area contributed by atoms with Gasteiger partial charge in [-0.2, -0.15) is 22.7 Å². The summed E-state index contributed by atoms with van der Waals surface area (Å²) in [6.45, 7) is 2.23. The summed E-state index contributed by atoms with van der Waals surface area (Å²) in [6, 6.07) is 0. The molecule has 0 nitrogen and oxygen atoms in total. The summed E-state index contributed by atoms with van der Waals surface area (Å²) in [5, 5.41) is 0. The number of hydrogen-bond donors (Lipinski definition) is 0. The third-order valence-corrected chi connectivity index (χ3v) is 2.50. The van der Waals surface area contributed by atoms with Gasteiger partial charge in [-0.05, 0) is 12.2 Å². The van der Waals surface area contributed by atoms with Gasteiger partial charge in [-0.3, -0.25) is 6.08 Å². The molecule has 1 aliphatic carbocycles. The number of halogens is 2. The van der Waals surface area contributed by atoms with Gasteiger partial charge < -0.3 is 24.8 Å². The molecule has 1 aliphatic rings. The standard InChI is InChI=1S/C9H13S.2ClH.Ti/c1-2-3-8-10-9-6-4-5-7-9;;;/h4,6H,2-3,5,8H2,1H3;2*1H;/q-1;;;+3/p-2. The Labute approximate surface area is 113 Å². The topological polar surface area (TPSA) is 0 Å². The molecule has 0 saturated carbocycles. The van der Waals surface area contributed by atoms with Crippen molar-refractivity contribution in [2.24, 2.45) is 0 Å². The van der Waals surface area contributed by atoms with Crippen molar-refractivity contribution in [2.75, 3.05) is 5.75 Å². The molecule has 0 heterocycles. The minimum Gasteiger partial charge on any atom is -1.00 e. The van der Waals surface area contributed by atoms with Gasteiger partial charge in [0.25, 0.3) is 0 Å². The first-order valence-electron chi connectivity index (χ1n) is 3.83. The maximum Gasteiger partial charge on any atom is 3.00 e. The molecule has 0 atom stereocenters. The van der Waals surface area contributed by atoms with E-state index in [1.807, 2.05) is 11.8 Å². The van der Waals surface area contributed by atoms with E-state index in [0.717, 1.165) is 6.42 Å². The molecule has 0 aliphatic heterocycles. The number of unbranched alkanes of at least 4 members (excludes halogenated alkanes) is 1. The van der Waals surface area contributed by atoms with Gasteiger partial charge in [-0.1, -0.05) is 13.3 Å². The molecule has 1 radical (unpaired) electrons. The fraction of sp³-hybridized carbons (Fsp3) is 0.556. The smallest absolute Gasteiger partial charge is 1.00 e. The summed E-state index contributed by atoms with van der Waals surface area (Å²) >= 11 is 1.93. The molecule has 0 amide bonds. The molecule has 0 bridgehead atoms. The van der Waals surface area contributed by atoms with E-state index < -0.39 is 0 Å². The van der Waals surface area contributed by atoms with Crippen molar-refractivity contribution in [3.63, 3.8) is 0 Å². The zero-order chi connectivity index (χ0) is 7.23. The van der Waals surface area contributed by atoms with Crippen LogP contribution in [0.4, 0.5) is 0 Å². The van der Waals surface area contributed by atoms with Crippen LogP contribution in [-0.2, 0) is 21.7 Å². The van der Waals surface area contributed by atoms with Crippen LogP contribution in [-0.4, -0.2) is 5.75 Å². The average Bonchev–Trinajstić information content (AvgIpc) is 2.41. The van der Waals surface area contributed by atoms with E-state index in [1.54, 1.807) is 0 Å². The quantitative estimate of drug-likeness (QED) is 0.302. The van der Waals surface area contributed by atoms with E-state index in [0.29, 0.717) is 0 Å². The van der Waals surface area contributed by atoms with Crippen molar-refractivity contribution >= 4 is 11.8 Å². The molecule has 1 rings (SSSR count). The summed E-state index contributed by atoms with van der Waals surface area (Å²) in [7, 11) is 0. The number of thioether (sulfide) groups is 1. The van der Waals surface area contributed by atoms with Crippen LogP contribution in [0.3, 0.4) is 0 Å². The van der Waals surface area contributed by atoms with E-state index in [9.17, 15) is 0 Å². The van der Waals surface area contributed by atoms with E-state index >= 15 is 0 Å². The summed E-state index contributed by atoms with van der Waals surface area (Å²) in [4.78, 5) is 1.34. The molecule has 0 spiro atoms. The van der Waals surface area contributed by atoms with Crippen molar-refractivity contribution in [2.45, 2.75) is 26.2 Å². The average molecular weight is 272 g/mol. The molecule has 0 aromatic heterocycles. The van der Waals surface area contributed by atoms with Crippen LogP contribution in [0.1, 0.15) is 26.2 Å². The van der Waals surface area contributed by atoms with Crippen LogP contribution in [0.15, 0.2) is 17.1 Å². The monoisotopic (exact) mass is 271 g/mol. The van der Waals surface area contributed by atoms with Gasteiger partial charge in [-0.15, -0.1) is 6.42 Å². The molecular weight excluding hydrogens is 259 g/mol. The largest absolute Gasteiger partial charge is 3.00 e. The molecule has 0 saturated heterocycles. The third-order valence-electron chi connectivity index (χ3n) is 1.42. The summed E-state index contributed by atoms with van der Waals surface area (Å²) in [6.07, 6.45) is 11.3. The van der Waals surface area contributed by atoms with Crippen molar-refractivity contribution in [1.29, 1.82) is 0 Å². The van der Waals surface area contributed by atoms with Gasteiger partial charge in [0, 0.05) is 0 Å². The van der Waals surface area contributed by atoms with Crippen LogP contribution in [0.5, 0.6) is 0 Å². The predicted molar refractivity (Wildman–Crippen MR) is 47.9 cm³/mol. The van der Waals surface area contributed by atoms with Gasteiger partial charge in [-0.25, -0.2) is 6.08 Å². The molecular formula is C9H13Cl2STi. The van der Waals surface area contributed by atoms with Crippen molar-refractivity contribution < 1.29 is 46.5 Å². The molecule has 0 aromatic rings. The summed E-state index contributed by atoms with van der Waals surface area (Å²) < 4.78 is 0. The van der Waals surface area contributed by atoms with Crippen molar-refractivity contribution in [1.82, 2.24) is 0 Å². The van der Waals surface area contributed by atoms with Gasteiger partial charge in [0.2, 0.25) is 0 Å². The minimum absolute atomic E-state index is 0. The zero-order valence-corrected chi connectivity index (χ0v) is 11.5. The molecule has 13 heavy (non-hydrogen) atoms. The Morgan fingerprint density at radius 2 is 2.15 bits per heavy atom. The first kappa shape index (κ1) is 19.7. The number of allylic oxidation sites excluding steroid dienone is 3. The summed E-state index contributed by atoms with van der Waals surface area (Å²) in [5.74, 6) is 1.25. The second kappa shape index (κ2) is 13.1. The van der Waals surface area contributed by atoms with Crippen LogP contribution in [0, 0.1) is 6.08 Å². The molecule has 0 fully saturated rings. The second-order valence-electron chi connectivity index (χ2n) is 2.35. The van der Waals surface area contributed by atoms with E-state index in [2.05, 4.69) is 25.2 Å². The fourth-order valence-corrected chi connectivity index (χ4v) is 1.84. The Morgan fingerprint density at radius 1 is 1.46 bits per heavy atom. The Kier molecular flexibility index (Phi) is 19.8. The Balaban J connectivity index is -0.000000333. The predicted octanol–water partition coefficient (Wildman–Crippen LogP) is -2.83. The van der Waals surface area contributed by atoms with E-state index in [1.165, 1.54) is 23.5 Å². The molecule has 73 valence electrons. The minimum atomic E-state index is 0. The first-order valence-corrected chi connectivity index (χ1v) is 4.82. The Morgan fingerprint density at radius 3 is 2.62 bits per heavy atom. The van der Waals surface area contributed by atoms with Crippen LogP contribution >= 0.6 is 11.8 Å². The van der Waals surface area contributed by atoms with Gasteiger partial charge >= 0.3 is 21.7 Å². The number of rotatable bonds is 4. The van der Waals surface area contributed by atoms with Crippen molar-refractivity contribution in [3.8, 4) is 0 Å². The first-order chi connectivity index (χ1) is 4.93. The maximum atomic E-state index is 3.28.